The van der Waals surface area contributed by atoms with Crippen LogP contribution in [-0.2, 0) is 0 Å². The average molecular weight is 238 g/mol. The molecule has 0 spiro atoms. The van der Waals surface area contributed by atoms with E-state index in [1.54, 1.807) is 18.2 Å². The molecule has 88 valence electrons. The van der Waals surface area contributed by atoms with E-state index in [9.17, 15) is 8.78 Å². The Hall–Kier alpha value is -2.31. The summed E-state index contributed by atoms with van der Waals surface area (Å²) in [6, 6.07) is 6.37. The van der Waals surface area contributed by atoms with Crippen LogP contribution in [-0.4, -0.2) is 27.7 Å². The molecule has 0 amide bonds. The molecular weight excluding hydrogens is 230 g/mol. The lowest BCUT2D eigenvalue weighted by Gasteiger charge is -2.06. The number of benzene rings is 1. The zero-order valence-corrected chi connectivity index (χ0v) is 8.57. The minimum absolute atomic E-state index is 0.0688. The van der Waals surface area contributed by atoms with Crippen LogP contribution in [0, 0.1) is 0 Å². The smallest absolute Gasteiger partial charge is 0.387 e. The summed E-state index contributed by atoms with van der Waals surface area (Å²) < 4.78 is 29.9. The van der Waals surface area contributed by atoms with Gasteiger partial charge in [-0.15, -0.1) is 10.2 Å². The number of aromatic nitrogens is 3. The minimum Gasteiger partial charge on any atom is -0.434 e. The second-order valence-corrected chi connectivity index (χ2v) is 3.00. The maximum absolute atomic E-state index is 12.1. The molecule has 2 rings (SSSR count). The summed E-state index contributed by atoms with van der Waals surface area (Å²) in [5, 5.41) is 11.1. The fourth-order valence-corrected chi connectivity index (χ4v) is 1.17. The van der Waals surface area contributed by atoms with Crippen LogP contribution in [0.5, 0.6) is 5.75 Å². The van der Waals surface area contributed by atoms with Crippen molar-refractivity contribution in [3.05, 3.63) is 42.5 Å². The molecule has 1 aromatic carbocycles. The number of rotatable bonds is 4. The summed E-state index contributed by atoms with van der Waals surface area (Å²) in [6.45, 7) is -2.86. The number of hydrogen-bond acceptors (Lipinski definition) is 4. The number of nitrogens with zero attached hydrogens (tertiary/aromatic N) is 4. The zero-order chi connectivity index (χ0) is 12.1. The van der Waals surface area contributed by atoms with Gasteiger partial charge in [-0.25, -0.2) is 4.68 Å². The second kappa shape index (κ2) is 5.15. The third-order valence-electron chi connectivity index (χ3n) is 1.87. The van der Waals surface area contributed by atoms with Crippen molar-refractivity contribution in [2.45, 2.75) is 6.61 Å². The van der Waals surface area contributed by atoms with E-state index < -0.39 is 6.61 Å². The highest BCUT2D eigenvalue weighted by atomic mass is 19.3. The van der Waals surface area contributed by atoms with Gasteiger partial charge in [0.05, 0.1) is 6.21 Å². The third kappa shape index (κ3) is 3.07. The molecule has 0 radical (unpaired) electrons. The zero-order valence-electron chi connectivity index (χ0n) is 8.57. The van der Waals surface area contributed by atoms with Crippen LogP contribution < -0.4 is 4.74 Å². The van der Waals surface area contributed by atoms with Crippen LogP contribution in [0.2, 0.25) is 0 Å². The van der Waals surface area contributed by atoms with Crippen molar-refractivity contribution in [2.24, 2.45) is 5.10 Å². The van der Waals surface area contributed by atoms with Gasteiger partial charge in [-0.2, -0.15) is 13.9 Å². The number of para-hydroxylation sites is 1. The van der Waals surface area contributed by atoms with Gasteiger partial charge in [-0.05, 0) is 12.1 Å². The molecule has 0 unspecified atom stereocenters. The maximum atomic E-state index is 12.1. The number of halogens is 2. The van der Waals surface area contributed by atoms with Crippen LogP contribution in [0.1, 0.15) is 5.56 Å². The molecule has 0 aliphatic carbocycles. The summed E-state index contributed by atoms with van der Waals surface area (Å²) in [5.41, 5.74) is 0.446. The Bertz CT molecular complexity index is 499. The van der Waals surface area contributed by atoms with E-state index in [4.69, 9.17) is 0 Å². The van der Waals surface area contributed by atoms with Crippen LogP contribution in [0.4, 0.5) is 8.78 Å². The van der Waals surface area contributed by atoms with Crippen LogP contribution in [0.3, 0.4) is 0 Å². The Morgan fingerprint density at radius 3 is 2.65 bits per heavy atom. The molecule has 0 N–H and O–H groups in total. The van der Waals surface area contributed by atoms with E-state index in [-0.39, 0.29) is 5.75 Å². The van der Waals surface area contributed by atoms with E-state index >= 15 is 0 Å². The maximum Gasteiger partial charge on any atom is 0.387 e. The normalized spacial score (nSPS) is 11.2. The summed E-state index contributed by atoms with van der Waals surface area (Å²) in [4.78, 5) is 0. The summed E-state index contributed by atoms with van der Waals surface area (Å²) in [5.74, 6) is 0.0688. The van der Waals surface area contributed by atoms with Crippen molar-refractivity contribution in [2.75, 3.05) is 0 Å². The molecule has 0 atom stereocenters. The highest BCUT2D eigenvalue weighted by molar-refractivity contribution is 5.83. The molecule has 0 aliphatic heterocycles. The first-order chi connectivity index (χ1) is 8.25. The van der Waals surface area contributed by atoms with Gasteiger partial charge >= 0.3 is 6.61 Å². The Balaban J connectivity index is 2.20. The minimum atomic E-state index is -2.86. The van der Waals surface area contributed by atoms with Crippen molar-refractivity contribution >= 4 is 6.21 Å². The van der Waals surface area contributed by atoms with Gasteiger partial charge in [0, 0.05) is 5.56 Å². The first kappa shape index (κ1) is 11.2. The molecule has 2 aromatic rings. The van der Waals surface area contributed by atoms with Gasteiger partial charge in [0.2, 0.25) is 0 Å². The summed E-state index contributed by atoms with van der Waals surface area (Å²) in [7, 11) is 0. The first-order valence-electron chi connectivity index (χ1n) is 4.68. The predicted octanol–water partition coefficient (Wildman–Crippen LogP) is 1.76. The number of hydrogen-bond donors (Lipinski definition) is 0. The fraction of sp³-hybridized carbons (Fsp3) is 0.100. The largest absolute Gasteiger partial charge is 0.434 e. The predicted molar refractivity (Wildman–Crippen MR) is 56.1 cm³/mol. The van der Waals surface area contributed by atoms with Gasteiger partial charge in [-0.1, -0.05) is 12.1 Å². The Morgan fingerprint density at radius 2 is 1.94 bits per heavy atom. The fourth-order valence-electron chi connectivity index (χ4n) is 1.17. The standard InChI is InChI=1S/C10H8F2N4O/c11-10(12)17-9-4-2-1-3-8(9)5-15-16-6-13-14-7-16/h1-7,10H/b15-5-. The lowest BCUT2D eigenvalue weighted by molar-refractivity contribution is -0.0499. The summed E-state index contributed by atoms with van der Waals surface area (Å²) >= 11 is 0. The Labute approximate surface area is 95.4 Å². The topological polar surface area (TPSA) is 52.3 Å². The van der Waals surface area contributed by atoms with Crippen molar-refractivity contribution in [3.63, 3.8) is 0 Å². The highest BCUT2D eigenvalue weighted by Gasteiger charge is 2.07. The van der Waals surface area contributed by atoms with Crippen LogP contribution >= 0.6 is 0 Å². The molecule has 0 aliphatic rings. The molecule has 17 heavy (non-hydrogen) atoms. The average Bonchev–Trinajstić information content (AvgIpc) is 2.80. The molecule has 7 heteroatoms. The molecular formula is C10H8F2N4O. The third-order valence-corrected chi connectivity index (χ3v) is 1.87. The van der Waals surface area contributed by atoms with Crippen LogP contribution in [0.25, 0.3) is 0 Å². The molecule has 5 nitrogen and oxygen atoms in total. The second-order valence-electron chi connectivity index (χ2n) is 3.00. The van der Waals surface area contributed by atoms with E-state index in [1.165, 1.54) is 29.6 Å². The van der Waals surface area contributed by atoms with Crippen molar-refractivity contribution in [1.29, 1.82) is 0 Å². The van der Waals surface area contributed by atoms with Gasteiger partial charge in [-0.3, -0.25) is 0 Å². The SMILES string of the molecule is FC(F)Oc1ccccc1/C=N\n1cnnc1. The monoisotopic (exact) mass is 238 g/mol. The lowest BCUT2D eigenvalue weighted by atomic mass is 10.2. The molecule has 0 saturated heterocycles. The number of ether oxygens (including phenoxy) is 1. The quantitative estimate of drug-likeness (QED) is 0.762. The highest BCUT2D eigenvalue weighted by Crippen LogP contribution is 2.18. The van der Waals surface area contributed by atoms with Crippen LogP contribution in [0.15, 0.2) is 42.0 Å². The molecule has 1 aromatic heterocycles. The lowest BCUT2D eigenvalue weighted by Crippen LogP contribution is -2.04. The Morgan fingerprint density at radius 1 is 1.24 bits per heavy atom. The Kier molecular flexibility index (Phi) is 3.39. The molecule has 1 heterocycles. The number of alkyl halides is 2. The molecule has 0 bridgehead atoms. The molecule has 0 fully saturated rings. The van der Waals surface area contributed by atoms with Gasteiger partial charge in [0.1, 0.15) is 18.4 Å². The van der Waals surface area contributed by atoms with Gasteiger partial charge in [0.15, 0.2) is 0 Å². The first-order valence-corrected chi connectivity index (χ1v) is 4.68. The van der Waals surface area contributed by atoms with Crippen molar-refractivity contribution < 1.29 is 13.5 Å². The van der Waals surface area contributed by atoms with Gasteiger partial charge < -0.3 is 4.74 Å². The van der Waals surface area contributed by atoms with Crippen molar-refractivity contribution in [1.82, 2.24) is 14.9 Å². The molecule has 0 saturated carbocycles. The summed E-state index contributed by atoms with van der Waals surface area (Å²) in [6.07, 6.45) is 4.15. The van der Waals surface area contributed by atoms with Gasteiger partial charge in [0.25, 0.3) is 0 Å². The van der Waals surface area contributed by atoms with E-state index in [0.29, 0.717) is 5.56 Å². The van der Waals surface area contributed by atoms with E-state index in [1.807, 2.05) is 0 Å². The van der Waals surface area contributed by atoms with Crippen molar-refractivity contribution in [3.8, 4) is 5.75 Å². The van der Waals surface area contributed by atoms with E-state index in [0.717, 1.165) is 0 Å². The van der Waals surface area contributed by atoms with E-state index in [2.05, 4.69) is 20.0 Å².